The third-order valence-electron chi connectivity index (χ3n) is 4.02. The molecule has 0 spiro atoms. The van der Waals surface area contributed by atoms with Crippen molar-refractivity contribution in [1.29, 1.82) is 0 Å². The number of sulfonamides is 1. The van der Waals surface area contributed by atoms with E-state index in [9.17, 15) is 17.2 Å². The molecule has 7 heteroatoms. The molecule has 122 valence electrons. The zero-order chi connectivity index (χ0) is 16.6. The Balaban J connectivity index is 1.90. The first kappa shape index (κ1) is 15.9. The Hall–Kier alpha value is -1.99. The van der Waals surface area contributed by atoms with Crippen molar-refractivity contribution in [1.82, 2.24) is 4.72 Å². The van der Waals surface area contributed by atoms with Gasteiger partial charge in [0.25, 0.3) is 0 Å². The van der Waals surface area contributed by atoms with Crippen molar-refractivity contribution < 1.29 is 17.2 Å². The lowest BCUT2D eigenvalue weighted by Crippen LogP contribution is -2.31. The third kappa shape index (κ3) is 3.07. The van der Waals surface area contributed by atoms with E-state index in [1.54, 1.807) is 6.07 Å². The quantitative estimate of drug-likeness (QED) is 0.935. The van der Waals surface area contributed by atoms with E-state index < -0.39 is 15.8 Å². The summed E-state index contributed by atoms with van der Waals surface area (Å²) in [6, 6.07) is 8.46. The monoisotopic (exact) mass is 338 g/mol. The van der Waals surface area contributed by atoms with Crippen molar-refractivity contribution in [2.75, 3.05) is 18.5 Å². The van der Waals surface area contributed by atoms with Gasteiger partial charge in [0.15, 0.2) is 0 Å². The van der Waals surface area contributed by atoms with Gasteiger partial charge in [-0.2, -0.15) is 0 Å². The van der Waals surface area contributed by atoms with E-state index in [0.717, 1.165) is 17.2 Å². The maximum atomic E-state index is 14.3. The molecule has 1 aliphatic rings. The average Bonchev–Trinajstić information content (AvgIpc) is 2.54. The van der Waals surface area contributed by atoms with Crippen LogP contribution < -0.4 is 9.62 Å². The first-order valence-corrected chi connectivity index (χ1v) is 8.64. The predicted molar refractivity (Wildman–Crippen MR) is 83.8 cm³/mol. The van der Waals surface area contributed by atoms with E-state index in [4.69, 9.17) is 0 Å². The summed E-state index contributed by atoms with van der Waals surface area (Å²) in [7, 11) is -2.39. The SMILES string of the molecule is CNS(=O)(=O)c1ccc(N2CCc3cc(F)ccc3C2)c(F)c1. The number of nitrogens with one attached hydrogen (secondary N) is 1. The molecule has 0 aliphatic carbocycles. The summed E-state index contributed by atoms with van der Waals surface area (Å²) in [6.45, 7) is 1.01. The Kier molecular flexibility index (Phi) is 4.08. The Labute approximate surface area is 133 Å². The molecule has 0 atom stereocenters. The summed E-state index contributed by atoms with van der Waals surface area (Å²) in [4.78, 5) is 1.71. The number of hydrogen-bond acceptors (Lipinski definition) is 3. The molecule has 4 nitrogen and oxygen atoms in total. The van der Waals surface area contributed by atoms with E-state index in [1.807, 2.05) is 4.90 Å². The van der Waals surface area contributed by atoms with Gasteiger partial charge < -0.3 is 4.90 Å². The summed E-state index contributed by atoms with van der Waals surface area (Å²) < 4.78 is 53.2. The van der Waals surface area contributed by atoms with E-state index in [2.05, 4.69) is 4.72 Å². The molecule has 0 bridgehead atoms. The smallest absolute Gasteiger partial charge is 0.240 e. The molecular formula is C16H16F2N2O2S. The van der Waals surface area contributed by atoms with Gasteiger partial charge in [0.05, 0.1) is 10.6 Å². The molecule has 0 amide bonds. The molecule has 0 saturated heterocycles. The lowest BCUT2D eigenvalue weighted by atomic mass is 9.99. The Bertz CT molecular complexity index is 853. The molecule has 2 aromatic carbocycles. The van der Waals surface area contributed by atoms with Crippen LogP contribution in [0.15, 0.2) is 41.3 Å². The van der Waals surface area contributed by atoms with Gasteiger partial charge in [0.2, 0.25) is 10.0 Å². The molecule has 0 fully saturated rings. The summed E-state index contributed by atoms with van der Waals surface area (Å²) in [5.41, 5.74) is 2.22. The van der Waals surface area contributed by atoms with Gasteiger partial charge in [-0.3, -0.25) is 0 Å². The molecule has 0 radical (unpaired) electrons. The fraction of sp³-hybridized carbons (Fsp3) is 0.250. The van der Waals surface area contributed by atoms with Crippen LogP contribution in [0.1, 0.15) is 11.1 Å². The van der Waals surface area contributed by atoms with Gasteiger partial charge in [-0.1, -0.05) is 6.07 Å². The van der Waals surface area contributed by atoms with E-state index in [1.165, 1.54) is 31.3 Å². The van der Waals surface area contributed by atoms with Crippen LogP contribution in [0.5, 0.6) is 0 Å². The minimum absolute atomic E-state index is 0.110. The molecule has 0 saturated carbocycles. The highest BCUT2D eigenvalue weighted by atomic mass is 32.2. The highest BCUT2D eigenvalue weighted by Gasteiger charge is 2.21. The summed E-state index contributed by atoms with van der Waals surface area (Å²) in [6.07, 6.45) is 0.614. The molecule has 2 aromatic rings. The van der Waals surface area contributed by atoms with Crippen LogP contribution in [0.4, 0.5) is 14.5 Å². The number of fused-ring (bicyclic) bond motifs is 1. The summed E-state index contributed by atoms with van der Waals surface area (Å²) >= 11 is 0. The van der Waals surface area contributed by atoms with Gasteiger partial charge in [0.1, 0.15) is 11.6 Å². The second-order valence-electron chi connectivity index (χ2n) is 5.41. The number of anilines is 1. The summed E-state index contributed by atoms with van der Waals surface area (Å²) in [5.74, 6) is -0.864. The highest BCUT2D eigenvalue weighted by molar-refractivity contribution is 7.89. The lowest BCUT2D eigenvalue weighted by Gasteiger charge is -2.31. The maximum Gasteiger partial charge on any atom is 0.240 e. The van der Waals surface area contributed by atoms with E-state index in [-0.39, 0.29) is 10.7 Å². The molecule has 3 rings (SSSR count). The molecule has 23 heavy (non-hydrogen) atoms. The minimum atomic E-state index is -3.67. The zero-order valence-corrected chi connectivity index (χ0v) is 13.3. The second kappa shape index (κ2) is 5.90. The van der Waals surface area contributed by atoms with Crippen LogP contribution in [0, 0.1) is 11.6 Å². The largest absolute Gasteiger partial charge is 0.364 e. The van der Waals surface area contributed by atoms with Crippen LogP contribution in [0.3, 0.4) is 0 Å². The predicted octanol–water partition coefficient (Wildman–Crippen LogP) is 2.44. The normalized spacial score (nSPS) is 14.7. The average molecular weight is 338 g/mol. The van der Waals surface area contributed by atoms with Crippen LogP contribution in [-0.2, 0) is 23.0 Å². The van der Waals surface area contributed by atoms with Gasteiger partial charge in [0, 0.05) is 13.1 Å². The number of rotatable bonds is 3. The second-order valence-corrected chi connectivity index (χ2v) is 7.29. The van der Waals surface area contributed by atoms with Gasteiger partial charge in [-0.15, -0.1) is 0 Å². The molecule has 1 N–H and O–H groups in total. The first-order chi connectivity index (χ1) is 10.9. The fourth-order valence-corrected chi connectivity index (χ4v) is 3.50. The Morgan fingerprint density at radius 1 is 1.09 bits per heavy atom. The van der Waals surface area contributed by atoms with Crippen molar-refractivity contribution in [3.8, 4) is 0 Å². The van der Waals surface area contributed by atoms with Crippen LogP contribution in [0.2, 0.25) is 0 Å². The topological polar surface area (TPSA) is 49.4 Å². The number of benzene rings is 2. The van der Waals surface area contributed by atoms with Crippen molar-refractivity contribution >= 4 is 15.7 Å². The number of halogens is 2. The van der Waals surface area contributed by atoms with Crippen LogP contribution in [0.25, 0.3) is 0 Å². The lowest BCUT2D eigenvalue weighted by molar-refractivity contribution is 0.581. The van der Waals surface area contributed by atoms with Crippen molar-refractivity contribution in [2.24, 2.45) is 0 Å². The van der Waals surface area contributed by atoms with Gasteiger partial charge in [-0.05, 0) is 54.9 Å². The van der Waals surface area contributed by atoms with E-state index in [0.29, 0.717) is 25.2 Å². The molecular weight excluding hydrogens is 322 g/mol. The number of hydrogen-bond donors (Lipinski definition) is 1. The summed E-state index contributed by atoms with van der Waals surface area (Å²) in [5, 5.41) is 0. The van der Waals surface area contributed by atoms with Crippen molar-refractivity contribution in [3.05, 3.63) is 59.2 Å². The van der Waals surface area contributed by atoms with E-state index >= 15 is 0 Å². The molecule has 0 aromatic heterocycles. The molecule has 0 unspecified atom stereocenters. The van der Waals surface area contributed by atoms with Crippen LogP contribution >= 0.6 is 0 Å². The molecule has 1 aliphatic heterocycles. The molecule has 1 heterocycles. The third-order valence-corrected chi connectivity index (χ3v) is 5.43. The van der Waals surface area contributed by atoms with Crippen molar-refractivity contribution in [2.45, 2.75) is 17.9 Å². The fourth-order valence-electron chi connectivity index (χ4n) is 2.76. The minimum Gasteiger partial charge on any atom is -0.364 e. The Morgan fingerprint density at radius 3 is 2.57 bits per heavy atom. The number of nitrogens with zero attached hydrogens (tertiary/aromatic N) is 1. The maximum absolute atomic E-state index is 14.3. The van der Waals surface area contributed by atoms with Gasteiger partial charge in [-0.25, -0.2) is 21.9 Å². The Morgan fingerprint density at radius 2 is 1.87 bits per heavy atom. The van der Waals surface area contributed by atoms with Gasteiger partial charge >= 0.3 is 0 Å². The van der Waals surface area contributed by atoms with Crippen molar-refractivity contribution in [3.63, 3.8) is 0 Å². The first-order valence-electron chi connectivity index (χ1n) is 7.16. The van der Waals surface area contributed by atoms with Crippen LogP contribution in [-0.4, -0.2) is 22.0 Å². The zero-order valence-electron chi connectivity index (χ0n) is 12.5. The standard InChI is InChI=1S/C16H16F2N2O2S/c1-19-23(21,22)14-4-5-16(15(18)9-14)20-7-6-11-8-13(17)3-2-12(11)10-20/h2-5,8-9,19H,6-7,10H2,1H3. The highest BCUT2D eigenvalue weighted by Crippen LogP contribution is 2.28.